The molecular formula is C21H29NO2. The molecular weight excluding hydrogens is 298 g/mol. The summed E-state index contributed by atoms with van der Waals surface area (Å²) in [7, 11) is 1.68. The number of carbonyl (C=O) groups is 1. The summed E-state index contributed by atoms with van der Waals surface area (Å²) in [6, 6.07) is 8.10. The van der Waals surface area contributed by atoms with E-state index in [9.17, 15) is 4.79 Å². The third-order valence-corrected chi connectivity index (χ3v) is 6.60. The van der Waals surface area contributed by atoms with Crippen molar-refractivity contribution in [3.8, 4) is 5.75 Å². The first-order valence-electron chi connectivity index (χ1n) is 9.54. The molecule has 0 atom stereocenters. The van der Waals surface area contributed by atoms with Gasteiger partial charge in [-0.1, -0.05) is 12.1 Å². The summed E-state index contributed by atoms with van der Waals surface area (Å²) < 4.78 is 5.18. The smallest absolute Gasteiger partial charge is 0.220 e. The standard InChI is InChI=1S/C21H29NO2/c1-24-19-4-2-15(3-5-19)6-7-22-20(23)14-21-11-16-8-17(12-21)10-18(9-16)13-21/h2-5,16-18H,6-14H2,1H3,(H,22,23). The Morgan fingerprint density at radius 1 is 1.08 bits per heavy atom. The van der Waals surface area contributed by atoms with Crippen LogP contribution in [0.4, 0.5) is 0 Å². The molecule has 1 N–H and O–H groups in total. The number of ether oxygens (including phenoxy) is 1. The molecule has 4 bridgehead atoms. The largest absolute Gasteiger partial charge is 0.497 e. The number of nitrogens with one attached hydrogen (secondary N) is 1. The second kappa shape index (κ2) is 6.42. The lowest BCUT2D eigenvalue weighted by molar-refractivity contribution is -0.129. The Hall–Kier alpha value is -1.51. The fourth-order valence-corrected chi connectivity index (χ4v) is 6.05. The van der Waals surface area contributed by atoms with Crippen LogP contribution in [0.5, 0.6) is 5.75 Å². The van der Waals surface area contributed by atoms with Crippen molar-refractivity contribution in [3.05, 3.63) is 29.8 Å². The maximum Gasteiger partial charge on any atom is 0.220 e. The van der Waals surface area contributed by atoms with Gasteiger partial charge in [-0.3, -0.25) is 4.79 Å². The molecule has 130 valence electrons. The van der Waals surface area contributed by atoms with E-state index in [-0.39, 0.29) is 5.91 Å². The molecule has 0 saturated heterocycles. The Bertz CT molecular complexity index is 557. The number of amides is 1. The van der Waals surface area contributed by atoms with Crippen molar-refractivity contribution >= 4 is 5.91 Å². The summed E-state index contributed by atoms with van der Waals surface area (Å²) in [4.78, 5) is 12.5. The molecule has 0 unspecified atom stereocenters. The molecule has 0 aliphatic heterocycles. The average molecular weight is 327 g/mol. The van der Waals surface area contributed by atoms with Crippen LogP contribution in [0.25, 0.3) is 0 Å². The highest BCUT2D eigenvalue weighted by Crippen LogP contribution is 2.61. The van der Waals surface area contributed by atoms with Crippen molar-refractivity contribution in [1.29, 1.82) is 0 Å². The van der Waals surface area contributed by atoms with Crippen molar-refractivity contribution in [2.24, 2.45) is 23.2 Å². The Kier molecular flexibility index (Phi) is 4.28. The van der Waals surface area contributed by atoms with Crippen LogP contribution in [-0.4, -0.2) is 19.6 Å². The second-order valence-electron chi connectivity index (χ2n) is 8.54. The summed E-state index contributed by atoms with van der Waals surface area (Å²) in [5.74, 6) is 3.91. The molecule has 24 heavy (non-hydrogen) atoms. The molecule has 0 radical (unpaired) electrons. The van der Waals surface area contributed by atoms with Gasteiger partial charge >= 0.3 is 0 Å². The maximum atomic E-state index is 12.5. The van der Waals surface area contributed by atoms with Crippen LogP contribution in [0.1, 0.15) is 50.5 Å². The highest BCUT2D eigenvalue weighted by atomic mass is 16.5. The molecule has 1 aromatic carbocycles. The fourth-order valence-electron chi connectivity index (χ4n) is 6.05. The first kappa shape index (κ1) is 16.0. The number of carbonyl (C=O) groups excluding carboxylic acids is 1. The third-order valence-electron chi connectivity index (χ3n) is 6.60. The summed E-state index contributed by atoms with van der Waals surface area (Å²) in [5, 5.41) is 3.16. The van der Waals surface area contributed by atoms with Crippen molar-refractivity contribution in [2.75, 3.05) is 13.7 Å². The van der Waals surface area contributed by atoms with Crippen LogP contribution in [0, 0.1) is 23.2 Å². The summed E-state index contributed by atoms with van der Waals surface area (Å²) >= 11 is 0. The van der Waals surface area contributed by atoms with E-state index in [1.807, 2.05) is 12.1 Å². The first-order valence-corrected chi connectivity index (χ1v) is 9.54. The Morgan fingerprint density at radius 2 is 1.67 bits per heavy atom. The molecule has 3 heteroatoms. The van der Waals surface area contributed by atoms with E-state index in [1.54, 1.807) is 7.11 Å². The second-order valence-corrected chi connectivity index (χ2v) is 8.54. The van der Waals surface area contributed by atoms with Crippen molar-refractivity contribution < 1.29 is 9.53 Å². The van der Waals surface area contributed by atoms with E-state index in [1.165, 1.54) is 44.1 Å². The van der Waals surface area contributed by atoms with Gasteiger partial charge in [-0.2, -0.15) is 0 Å². The minimum atomic E-state index is 0.269. The monoisotopic (exact) mass is 327 g/mol. The van der Waals surface area contributed by atoms with Crippen molar-refractivity contribution in [1.82, 2.24) is 5.32 Å². The Morgan fingerprint density at radius 3 is 2.21 bits per heavy atom. The van der Waals surface area contributed by atoms with Crippen LogP contribution in [0.15, 0.2) is 24.3 Å². The number of rotatable bonds is 6. The normalized spacial score (nSPS) is 33.5. The summed E-state index contributed by atoms with van der Waals surface area (Å²) in [6.07, 6.45) is 9.91. The zero-order chi connectivity index (χ0) is 16.6. The average Bonchev–Trinajstić information content (AvgIpc) is 2.53. The van der Waals surface area contributed by atoms with Crippen LogP contribution in [0.2, 0.25) is 0 Å². The van der Waals surface area contributed by atoms with Crippen LogP contribution in [-0.2, 0) is 11.2 Å². The maximum absolute atomic E-state index is 12.5. The van der Waals surface area contributed by atoms with Crippen molar-refractivity contribution in [3.63, 3.8) is 0 Å². The van der Waals surface area contributed by atoms with Gasteiger partial charge in [0.05, 0.1) is 7.11 Å². The van der Waals surface area contributed by atoms with Gasteiger partial charge in [0.15, 0.2) is 0 Å². The lowest BCUT2D eigenvalue weighted by Crippen LogP contribution is -2.48. The molecule has 1 aromatic rings. The van der Waals surface area contributed by atoms with Gasteiger partial charge in [-0.05, 0) is 85.8 Å². The van der Waals surface area contributed by atoms with Gasteiger partial charge in [-0.25, -0.2) is 0 Å². The van der Waals surface area contributed by atoms with E-state index >= 15 is 0 Å². The molecule has 4 aliphatic rings. The quantitative estimate of drug-likeness (QED) is 0.859. The lowest BCUT2D eigenvalue weighted by atomic mass is 9.49. The highest BCUT2D eigenvalue weighted by Gasteiger charge is 2.51. The molecule has 4 aliphatic carbocycles. The van der Waals surface area contributed by atoms with Gasteiger partial charge in [0.1, 0.15) is 5.75 Å². The molecule has 4 fully saturated rings. The van der Waals surface area contributed by atoms with Crippen molar-refractivity contribution in [2.45, 2.75) is 51.4 Å². The van der Waals surface area contributed by atoms with Gasteiger partial charge in [0.25, 0.3) is 0 Å². The van der Waals surface area contributed by atoms with Gasteiger partial charge in [-0.15, -0.1) is 0 Å². The number of hydrogen-bond acceptors (Lipinski definition) is 2. The SMILES string of the molecule is COc1ccc(CCNC(=O)CC23CC4CC(CC(C4)C2)C3)cc1. The van der Waals surface area contributed by atoms with Crippen LogP contribution in [0.3, 0.4) is 0 Å². The van der Waals surface area contributed by atoms with E-state index in [4.69, 9.17) is 4.74 Å². The Labute approximate surface area is 145 Å². The van der Waals surface area contributed by atoms with E-state index < -0.39 is 0 Å². The zero-order valence-corrected chi connectivity index (χ0v) is 14.7. The highest BCUT2D eigenvalue weighted by molar-refractivity contribution is 5.76. The molecule has 0 heterocycles. The lowest BCUT2D eigenvalue weighted by Gasteiger charge is -2.56. The fraction of sp³-hybridized carbons (Fsp3) is 0.667. The van der Waals surface area contributed by atoms with Gasteiger partial charge < -0.3 is 10.1 Å². The molecule has 5 rings (SSSR count). The number of hydrogen-bond donors (Lipinski definition) is 1. The van der Waals surface area contributed by atoms with Crippen LogP contribution < -0.4 is 10.1 Å². The van der Waals surface area contributed by atoms with Crippen LogP contribution >= 0.6 is 0 Å². The topological polar surface area (TPSA) is 38.3 Å². The third kappa shape index (κ3) is 3.31. The zero-order valence-electron chi connectivity index (χ0n) is 14.7. The minimum absolute atomic E-state index is 0.269. The molecule has 1 amide bonds. The summed E-state index contributed by atoms with van der Waals surface area (Å²) in [5.41, 5.74) is 1.59. The summed E-state index contributed by atoms with van der Waals surface area (Å²) in [6.45, 7) is 0.734. The van der Waals surface area contributed by atoms with E-state index in [0.717, 1.165) is 42.9 Å². The molecule has 3 nitrogen and oxygen atoms in total. The van der Waals surface area contributed by atoms with E-state index in [2.05, 4.69) is 17.4 Å². The Balaban J connectivity index is 1.26. The first-order chi connectivity index (χ1) is 11.6. The van der Waals surface area contributed by atoms with Gasteiger partial charge in [0.2, 0.25) is 5.91 Å². The number of methoxy groups -OCH3 is 1. The molecule has 0 aromatic heterocycles. The predicted molar refractivity (Wildman–Crippen MR) is 94.9 cm³/mol. The van der Waals surface area contributed by atoms with Gasteiger partial charge in [0, 0.05) is 13.0 Å². The van der Waals surface area contributed by atoms with E-state index in [0.29, 0.717) is 5.41 Å². The minimum Gasteiger partial charge on any atom is -0.497 e. The molecule has 0 spiro atoms. The number of benzene rings is 1. The predicted octanol–water partition coefficient (Wildman–Crippen LogP) is 3.96. The molecule has 4 saturated carbocycles.